The molecule has 0 bridgehead atoms. The Morgan fingerprint density at radius 1 is 0.900 bits per heavy atom. The van der Waals surface area contributed by atoms with Crippen LogP contribution in [0.25, 0.3) is 0 Å². The van der Waals surface area contributed by atoms with E-state index in [0.29, 0.717) is 5.70 Å². The van der Waals surface area contributed by atoms with Gasteiger partial charge >= 0.3 is 0 Å². The Morgan fingerprint density at radius 2 is 1.53 bits per heavy atom. The summed E-state index contributed by atoms with van der Waals surface area (Å²) in [7, 11) is 0. The van der Waals surface area contributed by atoms with Crippen molar-refractivity contribution in [2.75, 3.05) is 10.2 Å². The molecule has 0 aliphatic carbocycles. The first-order valence-corrected chi connectivity index (χ1v) is 11.1. The first kappa shape index (κ1) is 20.4. The molecule has 1 atom stereocenters. The number of carbonyl (C=O) groups is 1. The predicted molar refractivity (Wildman–Crippen MR) is 128 cm³/mol. The van der Waals surface area contributed by atoms with Crippen molar-refractivity contribution in [3.8, 4) is 0 Å². The molecule has 4 heteroatoms. The highest BCUT2D eigenvalue weighted by Gasteiger charge is 2.34. The summed E-state index contributed by atoms with van der Waals surface area (Å²) < 4.78 is 0.999. The Bertz CT molecular complexity index is 1070. The van der Waals surface area contributed by atoms with Gasteiger partial charge in [0, 0.05) is 15.8 Å². The Morgan fingerprint density at radius 3 is 2.13 bits per heavy atom. The molecule has 3 aromatic rings. The largest absolute Gasteiger partial charge is 0.351 e. The first-order valence-electron chi connectivity index (χ1n) is 10.3. The monoisotopic (exact) mass is 460 g/mol. The minimum absolute atomic E-state index is 0.0243. The van der Waals surface area contributed by atoms with Gasteiger partial charge in [-0.2, -0.15) is 0 Å². The number of rotatable bonds is 6. The molecule has 0 saturated carbocycles. The highest BCUT2D eigenvalue weighted by Crippen LogP contribution is 2.37. The Balaban J connectivity index is 1.69. The number of carbonyl (C=O) groups excluding carboxylic acids is 1. The van der Waals surface area contributed by atoms with Gasteiger partial charge in [-0.3, -0.25) is 9.69 Å². The van der Waals surface area contributed by atoms with Crippen LogP contribution < -0.4 is 10.2 Å². The summed E-state index contributed by atoms with van der Waals surface area (Å²) in [5, 5.41) is 3.34. The lowest BCUT2D eigenvalue weighted by molar-refractivity contribution is -0.114. The number of nitrogens with one attached hydrogen (secondary N) is 1. The molecule has 0 saturated heterocycles. The number of anilines is 2. The zero-order valence-corrected chi connectivity index (χ0v) is 18.8. The Kier molecular flexibility index (Phi) is 6.05. The van der Waals surface area contributed by atoms with E-state index in [-0.39, 0.29) is 11.9 Å². The van der Waals surface area contributed by atoms with Crippen LogP contribution in [0.15, 0.2) is 89.0 Å². The molecule has 30 heavy (non-hydrogen) atoms. The normalized spacial score (nSPS) is 16.0. The van der Waals surface area contributed by atoms with E-state index in [1.807, 2.05) is 47.4 Å². The molecule has 0 unspecified atom stereocenters. The molecule has 4 rings (SSSR count). The summed E-state index contributed by atoms with van der Waals surface area (Å²) in [6, 6.07) is 24.5. The molecule has 1 heterocycles. The third-order valence-corrected chi connectivity index (χ3v) is 6.00. The second kappa shape index (κ2) is 8.88. The van der Waals surface area contributed by atoms with Crippen LogP contribution in [0.5, 0.6) is 0 Å². The molecule has 1 aliphatic rings. The number of amides is 1. The van der Waals surface area contributed by atoms with Gasteiger partial charge in [-0.1, -0.05) is 66.2 Å². The highest BCUT2D eigenvalue weighted by atomic mass is 79.9. The molecule has 1 N–H and O–H groups in total. The number of benzene rings is 3. The van der Waals surface area contributed by atoms with Gasteiger partial charge in [-0.25, -0.2) is 0 Å². The van der Waals surface area contributed by atoms with Crippen LogP contribution >= 0.6 is 15.9 Å². The molecule has 152 valence electrons. The van der Waals surface area contributed by atoms with E-state index in [0.717, 1.165) is 34.3 Å². The van der Waals surface area contributed by atoms with Crippen molar-refractivity contribution in [3.05, 3.63) is 106 Å². The molecule has 0 fully saturated rings. The van der Waals surface area contributed by atoms with Gasteiger partial charge in [0.15, 0.2) is 0 Å². The van der Waals surface area contributed by atoms with Crippen LogP contribution in [0, 0.1) is 0 Å². The zero-order valence-electron chi connectivity index (χ0n) is 17.2. The number of nitrogens with zero attached hydrogens (tertiary/aromatic N) is 1. The van der Waals surface area contributed by atoms with Crippen molar-refractivity contribution in [2.24, 2.45) is 0 Å². The minimum Gasteiger partial charge on any atom is -0.351 e. The second-order valence-electron chi connectivity index (χ2n) is 7.45. The predicted octanol–water partition coefficient (Wildman–Crippen LogP) is 6.66. The fourth-order valence-corrected chi connectivity index (χ4v) is 4.16. The number of hydrogen-bond donors (Lipinski definition) is 1. The summed E-state index contributed by atoms with van der Waals surface area (Å²) in [6.07, 6.45) is 3.99. The van der Waals surface area contributed by atoms with Crippen molar-refractivity contribution in [1.82, 2.24) is 0 Å². The summed E-state index contributed by atoms with van der Waals surface area (Å²) in [5.74, 6) is -0.0243. The van der Waals surface area contributed by atoms with Crippen molar-refractivity contribution >= 4 is 33.2 Å². The van der Waals surface area contributed by atoms with Crippen LogP contribution in [-0.2, 0) is 17.6 Å². The average Bonchev–Trinajstić information content (AvgIpc) is 3.10. The van der Waals surface area contributed by atoms with E-state index >= 15 is 0 Å². The van der Waals surface area contributed by atoms with Gasteiger partial charge in [0.1, 0.15) is 5.70 Å². The third kappa shape index (κ3) is 4.19. The third-order valence-electron chi connectivity index (χ3n) is 5.51. The van der Waals surface area contributed by atoms with Crippen molar-refractivity contribution in [2.45, 2.75) is 32.7 Å². The molecule has 1 amide bonds. The van der Waals surface area contributed by atoms with Gasteiger partial charge in [-0.15, -0.1) is 0 Å². The Labute approximate surface area is 186 Å². The van der Waals surface area contributed by atoms with Crippen LogP contribution in [0.4, 0.5) is 11.4 Å². The molecule has 3 aromatic carbocycles. The van der Waals surface area contributed by atoms with E-state index < -0.39 is 0 Å². The molecule has 3 nitrogen and oxygen atoms in total. The summed E-state index contributed by atoms with van der Waals surface area (Å²) in [6.45, 7) is 4.27. The fraction of sp³-hybridized carbons (Fsp3) is 0.192. The molecule has 0 radical (unpaired) electrons. The minimum atomic E-state index is -0.167. The van der Waals surface area contributed by atoms with Gasteiger partial charge in [0.25, 0.3) is 5.91 Å². The topological polar surface area (TPSA) is 32.3 Å². The van der Waals surface area contributed by atoms with Crippen molar-refractivity contribution in [3.63, 3.8) is 0 Å². The van der Waals surface area contributed by atoms with Crippen LogP contribution in [0.1, 0.15) is 36.6 Å². The van der Waals surface area contributed by atoms with Gasteiger partial charge in [0.05, 0.1) is 6.04 Å². The maximum absolute atomic E-state index is 13.4. The maximum atomic E-state index is 13.4. The fourth-order valence-electron chi connectivity index (χ4n) is 3.74. The first-order chi connectivity index (χ1) is 14.6. The van der Waals surface area contributed by atoms with E-state index in [9.17, 15) is 4.79 Å². The summed E-state index contributed by atoms with van der Waals surface area (Å²) in [4.78, 5) is 15.3. The van der Waals surface area contributed by atoms with E-state index in [1.165, 1.54) is 11.1 Å². The van der Waals surface area contributed by atoms with Crippen molar-refractivity contribution in [1.29, 1.82) is 0 Å². The zero-order chi connectivity index (χ0) is 21.1. The molecule has 1 aliphatic heterocycles. The number of halogens is 1. The SMILES string of the molecule is CCc1ccc(NC2=C[C@H](c3cccc(Br)c3)N(c3ccc(CC)cc3)C2=O)cc1. The van der Waals surface area contributed by atoms with E-state index in [2.05, 4.69) is 71.5 Å². The van der Waals surface area contributed by atoms with E-state index in [4.69, 9.17) is 0 Å². The van der Waals surface area contributed by atoms with Gasteiger partial charge in [-0.05, 0) is 72.0 Å². The van der Waals surface area contributed by atoms with Gasteiger partial charge < -0.3 is 5.32 Å². The average molecular weight is 461 g/mol. The highest BCUT2D eigenvalue weighted by molar-refractivity contribution is 9.10. The van der Waals surface area contributed by atoms with E-state index in [1.54, 1.807) is 0 Å². The summed E-state index contributed by atoms with van der Waals surface area (Å²) >= 11 is 3.56. The maximum Gasteiger partial charge on any atom is 0.275 e. The lowest BCUT2D eigenvalue weighted by atomic mass is 10.1. The molecular formula is C26H25BrN2O. The number of aryl methyl sites for hydroxylation is 2. The van der Waals surface area contributed by atoms with Crippen LogP contribution in [0.3, 0.4) is 0 Å². The smallest absolute Gasteiger partial charge is 0.275 e. The summed E-state index contributed by atoms with van der Waals surface area (Å²) in [5.41, 5.74) is 6.02. The number of hydrogen-bond acceptors (Lipinski definition) is 2. The lowest BCUT2D eigenvalue weighted by Gasteiger charge is -2.25. The molecule has 0 aromatic heterocycles. The molecular weight excluding hydrogens is 436 g/mol. The lowest BCUT2D eigenvalue weighted by Crippen LogP contribution is -2.30. The second-order valence-corrected chi connectivity index (χ2v) is 8.37. The van der Waals surface area contributed by atoms with Crippen LogP contribution in [0.2, 0.25) is 0 Å². The molecule has 0 spiro atoms. The standard InChI is InChI=1S/C26H25BrN2O/c1-3-18-8-12-22(13-9-18)28-24-17-25(20-6-5-7-21(27)16-20)29(26(24)30)23-14-10-19(4-2)11-15-23/h5-17,25,28H,3-4H2,1-2H3/t25-/m1/s1. The Hall–Kier alpha value is -2.85. The van der Waals surface area contributed by atoms with Gasteiger partial charge in [0.2, 0.25) is 0 Å². The van der Waals surface area contributed by atoms with Crippen LogP contribution in [-0.4, -0.2) is 5.91 Å². The quantitative estimate of drug-likeness (QED) is 0.445. The van der Waals surface area contributed by atoms with Crippen molar-refractivity contribution < 1.29 is 4.79 Å².